The van der Waals surface area contributed by atoms with E-state index in [0.717, 1.165) is 24.1 Å². The van der Waals surface area contributed by atoms with Gasteiger partial charge in [-0.05, 0) is 42.7 Å². The summed E-state index contributed by atoms with van der Waals surface area (Å²) >= 11 is 11.8. The molecule has 0 aromatic heterocycles. The minimum absolute atomic E-state index is 0.215. The fourth-order valence-corrected chi connectivity index (χ4v) is 3.38. The molecule has 1 N–H and O–H groups in total. The molecule has 0 bridgehead atoms. The number of hydrogen-bond acceptors (Lipinski definition) is 2. The molecule has 0 radical (unpaired) electrons. The van der Waals surface area contributed by atoms with E-state index >= 15 is 0 Å². The van der Waals surface area contributed by atoms with Crippen molar-refractivity contribution in [2.45, 2.75) is 19.3 Å². The zero-order chi connectivity index (χ0) is 17.1. The lowest BCUT2D eigenvalue weighted by atomic mass is 10.0. The van der Waals surface area contributed by atoms with Crippen molar-refractivity contribution in [3.63, 3.8) is 0 Å². The fraction of sp³-hybridized carbons (Fsp3) is 0.222. The Hall–Kier alpha value is -2.04. The molecule has 0 unspecified atom stereocenters. The van der Waals surface area contributed by atoms with Gasteiger partial charge in [0.15, 0.2) is 0 Å². The van der Waals surface area contributed by atoms with Gasteiger partial charge in [0.05, 0.1) is 0 Å². The number of nitrogens with zero attached hydrogens (tertiary/aromatic N) is 1. The van der Waals surface area contributed by atoms with Gasteiger partial charge in [-0.15, -0.1) is 0 Å². The van der Waals surface area contributed by atoms with E-state index in [2.05, 4.69) is 5.32 Å². The molecule has 1 heterocycles. The topological polar surface area (TPSA) is 49.4 Å². The number of amides is 2. The highest BCUT2D eigenvalue weighted by molar-refractivity contribution is 6.35. The number of anilines is 2. The molecule has 0 spiro atoms. The Morgan fingerprint density at radius 3 is 2.54 bits per heavy atom. The van der Waals surface area contributed by atoms with Crippen molar-refractivity contribution < 1.29 is 9.59 Å². The molecule has 24 heavy (non-hydrogen) atoms. The Balaban J connectivity index is 1.68. The van der Waals surface area contributed by atoms with Gasteiger partial charge < -0.3 is 10.2 Å². The number of carbonyl (C=O) groups excluding carboxylic acids is 2. The van der Waals surface area contributed by atoms with Gasteiger partial charge in [0.25, 0.3) is 0 Å². The maximum absolute atomic E-state index is 12.5. The third kappa shape index (κ3) is 3.89. The Morgan fingerprint density at radius 1 is 1.08 bits per heavy atom. The molecule has 0 saturated heterocycles. The maximum atomic E-state index is 12.5. The molecule has 0 fully saturated rings. The molecule has 1 aliphatic heterocycles. The molecular formula is C18H16Cl2N2O2. The Labute approximate surface area is 150 Å². The van der Waals surface area contributed by atoms with Crippen LogP contribution in [0.5, 0.6) is 0 Å². The number of aryl methyl sites for hydroxylation is 1. The van der Waals surface area contributed by atoms with E-state index in [-0.39, 0.29) is 18.2 Å². The zero-order valence-electron chi connectivity index (χ0n) is 12.9. The van der Waals surface area contributed by atoms with Gasteiger partial charge in [-0.2, -0.15) is 0 Å². The highest BCUT2D eigenvalue weighted by Crippen LogP contribution is 2.27. The molecule has 3 rings (SSSR count). The largest absolute Gasteiger partial charge is 0.326 e. The van der Waals surface area contributed by atoms with E-state index in [4.69, 9.17) is 23.2 Å². The minimum Gasteiger partial charge on any atom is -0.326 e. The van der Waals surface area contributed by atoms with Crippen LogP contribution in [0.2, 0.25) is 10.0 Å². The summed E-state index contributed by atoms with van der Waals surface area (Å²) < 4.78 is 0. The van der Waals surface area contributed by atoms with E-state index in [1.54, 1.807) is 23.1 Å². The second-order valence-electron chi connectivity index (χ2n) is 5.66. The van der Waals surface area contributed by atoms with Gasteiger partial charge in [-0.1, -0.05) is 41.4 Å². The molecule has 0 atom stereocenters. The Bertz CT molecular complexity index is 772. The standard InChI is InChI=1S/C18H16Cl2N2O2/c19-13-8-14(20)10-15(9-13)21-17(23)11-18(24)22-7-3-5-12-4-1-2-6-16(12)22/h1-2,4,6,8-10H,3,5,7,11H2,(H,21,23). The van der Waals surface area contributed by atoms with Gasteiger partial charge in [0, 0.05) is 28.0 Å². The van der Waals surface area contributed by atoms with E-state index in [1.165, 1.54) is 0 Å². The zero-order valence-corrected chi connectivity index (χ0v) is 14.4. The molecule has 0 aliphatic carbocycles. The number of para-hydroxylation sites is 1. The summed E-state index contributed by atoms with van der Waals surface area (Å²) in [5, 5.41) is 3.51. The van der Waals surface area contributed by atoms with Crippen molar-refractivity contribution >= 4 is 46.4 Å². The molecule has 1 aliphatic rings. The van der Waals surface area contributed by atoms with Crippen LogP contribution in [-0.4, -0.2) is 18.4 Å². The number of benzene rings is 2. The number of carbonyl (C=O) groups is 2. The third-order valence-electron chi connectivity index (χ3n) is 3.87. The highest BCUT2D eigenvalue weighted by Gasteiger charge is 2.23. The average Bonchev–Trinajstić information content (AvgIpc) is 2.53. The van der Waals surface area contributed by atoms with Crippen molar-refractivity contribution in [2.75, 3.05) is 16.8 Å². The van der Waals surface area contributed by atoms with E-state index in [9.17, 15) is 9.59 Å². The summed E-state index contributed by atoms with van der Waals surface area (Å²) in [7, 11) is 0. The third-order valence-corrected chi connectivity index (χ3v) is 4.31. The first-order chi connectivity index (χ1) is 11.5. The number of halogens is 2. The van der Waals surface area contributed by atoms with Gasteiger partial charge in [-0.3, -0.25) is 9.59 Å². The van der Waals surface area contributed by atoms with Crippen molar-refractivity contribution in [1.82, 2.24) is 0 Å². The van der Waals surface area contributed by atoms with Crippen LogP contribution in [0, 0.1) is 0 Å². The molecule has 124 valence electrons. The average molecular weight is 363 g/mol. The van der Waals surface area contributed by atoms with Crippen molar-refractivity contribution in [2.24, 2.45) is 0 Å². The van der Waals surface area contributed by atoms with Gasteiger partial charge >= 0.3 is 0 Å². The summed E-state index contributed by atoms with van der Waals surface area (Å²) in [6, 6.07) is 12.6. The summed E-state index contributed by atoms with van der Waals surface area (Å²) in [6.07, 6.45) is 1.62. The normalized spacial score (nSPS) is 13.3. The van der Waals surface area contributed by atoms with Crippen LogP contribution < -0.4 is 10.2 Å². The first kappa shape index (κ1) is 16.8. The summed E-state index contributed by atoms with van der Waals surface area (Å²) in [6.45, 7) is 0.631. The second kappa shape index (κ2) is 7.24. The predicted octanol–water partition coefficient (Wildman–Crippen LogP) is 4.30. The molecular weight excluding hydrogens is 347 g/mol. The number of fused-ring (bicyclic) bond motifs is 1. The summed E-state index contributed by atoms with van der Waals surface area (Å²) in [5.41, 5.74) is 2.51. The first-order valence-electron chi connectivity index (χ1n) is 7.67. The lowest BCUT2D eigenvalue weighted by Gasteiger charge is -2.29. The predicted molar refractivity (Wildman–Crippen MR) is 96.8 cm³/mol. The van der Waals surface area contributed by atoms with E-state index < -0.39 is 0 Å². The van der Waals surface area contributed by atoms with Gasteiger partial charge in [0.2, 0.25) is 11.8 Å². The minimum atomic E-state index is -0.388. The Kier molecular flexibility index (Phi) is 5.07. The fourth-order valence-electron chi connectivity index (χ4n) is 2.86. The Morgan fingerprint density at radius 2 is 1.79 bits per heavy atom. The molecule has 0 saturated carbocycles. The van der Waals surface area contributed by atoms with E-state index in [1.807, 2.05) is 24.3 Å². The van der Waals surface area contributed by atoms with Crippen LogP contribution in [0.25, 0.3) is 0 Å². The molecule has 2 amide bonds. The summed E-state index contributed by atoms with van der Waals surface area (Å²) in [4.78, 5) is 26.3. The molecule has 4 nitrogen and oxygen atoms in total. The smallest absolute Gasteiger partial charge is 0.236 e. The highest BCUT2D eigenvalue weighted by atomic mass is 35.5. The van der Waals surface area contributed by atoms with Crippen LogP contribution >= 0.6 is 23.2 Å². The lowest BCUT2D eigenvalue weighted by molar-refractivity contribution is -0.125. The second-order valence-corrected chi connectivity index (χ2v) is 6.53. The number of hydrogen-bond donors (Lipinski definition) is 1. The van der Waals surface area contributed by atoms with Crippen LogP contribution in [-0.2, 0) is 16.0 Å². The van der Waals surface area contributed by atoms with Gasteiger partial charge in [0.1, 0.15) is 6.42 Å². The SMILES string of the molecule is O=C(CC(=O)N1CCCc2ccccc21)Nc1cc(Cl)cc(Cl)c1. The van der Waals surface area contributed by atoms with Crippen molar-refractivity contribution in [1.29, 1.82) is 0 Å². The monoisotopic (exact) mass is 362 g/mol. The van der Waals surface area contributed by atoms with Crippen LogP contribution in [0.15, 0.2) is 42.5 Å². The van der Waals surface area contributed by atoms with Gasteiger partial charge in [-0.25, -0.2) is 0 Å². The summed E-state index contributed by atoms with van der Waals surface area (Å²) in [5.74, 6) is -0.603. The van der Waals surface area contributed by atoms with Crippen molar-refractivity contribution in [3.8, 4) is 0 Å². The lowest BCUT2D eigenvalue weighted by Crippen LogP contribution is -2.37. The first-order valence-corrected chi connectivity index (χ1v) is 8.43. The van der Waals surface area contributed by atoms with Crippen molar-refractivity contribution in [3.05, 3.63) is 58.1 Å². The number of nitrogens with one attached hydrogen (secondary N) is 1. The van der Waals surface area contributed by atoms with Crippen LogP contribution in [0.4, 0.5) is 11.4 Å². The molecule has 2 aromatic rings. The van der Waals surface area contributed by atoms with Crippen LogP contribution in [0.3, 0.4) is 0 Å². The maximum Gasteiger partial charge on any atom is 0.236 e. The number of rotatable bonds is 3. The van der Waals surface area contributed by atoms with Crippen LogP contribution in [0.1, 0.15) is 18.4 Å². The molecule has 2 aromatic carbocycles. The molecule has 6 heteroatoms. The van der Waals surface area contributed by atoms with E-state index in [0.29, 0.717) is 22.3 Å². The quantitative estimate of drug-likeness (QED) is 0.827.